The first-order chi connectivity index (χ1) is 9.21. The Hall–Kier alpha value is -0.890. The van der Waals surface area contributed by atoms with Crippen LogP contribution in [0.2, 0.25) is 0 Å². The second-order valence-electron chi connectivity index (χ2n) is 5.22. The lowest BCUT2D eigenvalue weighted by Gasteiger charge is -2.29. The van der Waals surface area contributed by atoms with Crippen LogP contribution in [0.1, 0.15) is 36.8 Å². The monoisotopic (exact) mass is 353 g/mol. The predicted octanol–water partition coefficient (Wildman–Crippen LogP) is 2.95. The van der Waals surface area contributed by atoms with Gasteiger partial charge in [0.2, 0.25) is 0 Å². The third-order valence-corrected chi connectivity index (χ3v) is 4.17. The number of carbonyl (C=O) groups is 1. The van der Waals surface area contributed by atoms with Crippen molar-refractivity contribution < 1.29 is 18.0 Å². The van der Waals surface area contributed by atoms with Crippen molar-refractivity contribution in [1.29, 1.82) is 0 Å². The van der Waals surface area contributed by atoms with Crippen LogP contribution in [0.15, 0.2) is 10.7 Å². The van der Waals surface area contributed by atoms with Crippen LogP contribution >= 0.6 is 15.9 Å². The van der Waals surface area contributed by atoms with E-state index in [1.54, 1.807) is 13.8 Å². The lowest BCUT2D eigenvalue weighted by molar-refractivity contribution is -0.197. The van der Waals surface area contributed by atoms with Crippen molar-refractivity contribution >= 4 is 21.7 Å². The maximum atomic E-state index is 13.4. The summed E-state index contributed by atoms with van der Waals surface area (Å²) < 4.78 is 41.9. The summed E-state index contributed by atoms with van der Waals surface area (Å²) in [7, 11) is 0. The first-order valence-electron chi connectivity index (χ1n) is 6.26. The molecule has 0 bridgehead atoms. The summed E-state index contributed by atoms with van der Waals surface area (Å²) in [5.41, 5.74) is -2.37. The molecular formula is C12H15BrF3N3O. The highest BCUT2D eigenvalue weighted by molar-refractivity contribution is 9.10. The molecule has 2 heterocycles. The van der Waals surface area contributed by atoms with E-state index in [-0.39, 0.29) is 31.2 Å². The van der Waals surface area contributed by atoms with Crippen molar-refractivity contribution in [3.63, 3.8) is 0 Å². The van der Waals surface area contributed by atoms with Crippen LogP contribution in [-0.2, 0) is 0 Å². The fourth-order valence-corrected chi connectivity index (χ4v) is 2.88. The van der Waals surface area contributed by atoms with Crippen molar-refractivity contribution in [3.05, 3.63) is 16.4 Å². The smallest absolute Gasteiger partial charge is 0.315 e. The Labute approximate surface area is 122 Å². The molecule has 112 valence electrons. The minimum Gasteiger partial charge on any atom is -0.315 e. The largest absolute Gasteiger partial charge is 0.403 e. The molecule has 0 aromatic carbocycles. The van der Waals surface area contributed by atoms with Gasteiger partial charge in [0.15, 0.2) is 5.78 Å². The van der Waals surface area contributed by atoms with Gasteiger partial charge in [-0.05, 0) is 42.7 Å². The van der Waals surface area contributed by atoms with Crippen LogP contribution in [0.25, 0.3) is 0 Å². The molecule has 0 saturated carbocycles. The molecule has 1 aliphatic heterocycles. The van der Waals surface area contributed by atoms with Crippen LogP contribution in [0.5, 0.6) is 0 Å². The molecule has 1 N–H and O–H groups in total. The number of nitrogens with one attached hydrogen (secondary N) is 1. The lowest BCUT2D eigenvalue weighted by atomic mass is 9.80. The van der Waals surface area contributed by atoms with Gasteiger partial charge in [-0.1, -0.05) is 0 Å². The molecule has 4 nitrogen and oxygen atoms in total. The number of nitrogens with zero attached hydrogens (tertiary/aromatic N) is 2. The van der Waals surface area contributed by atoms with Gasteiger partial charge in [-0.15, -0.1) is 0 Å². The van der Waals surface area contributed by atoms with E-state index < -0.39 is 17.4 Å². The van der Waals surface area contributed by atoms with E-state index in [4.69, 9.17) is 0 Å². The van der Waals surface area contributed by atoms with Crippen LogP contribution in [0.3, 0.4) is 0 Å². The average molecular weight is 354 g/mol. The van der Waals surface area contributed by atoms with Gasteiger partial charge in [-0.3, -0.25) is 9.48 Å². The molecule has 1 unspecified atom stereocenters. The molecule has 1 atom stereocenters. The Morgan fingerprint density at radius 1 is 1.55 bits per heavy atom. The molecule has 20 heavy (non-hydrogen) atoms. The maximum Gasteiger partial charge on any atom is 0.403 e. The molecule has 1 saturated heterocycles. The second kappa shape index (κ2) is 5.14. The van der Waals surface area contributed by atoms with Crippen LogP contribution in [0, 0.1) is 5.41 Å². The number of aromatic nitrogens is 2. The normalized spacial score (nSPS) is 23.6. The Morgan fingerprint density at radius 2 is 2.20 bits per heavy atom. The zero-order chi connectivity index (χ0) is 15.1. The highest BCUT2D eigenvalue weighted by atomic mass is 79.9. The van der Waals surface area contributed by atoms with E-state index in [1.807, 2.05) is 0 Å². The number of alkyl halides is 3. The fraction of sp³-hybridized carbons (Fsp3) is 0.667. The molecule has 0 radical (unpaired) electrons. The van der Waals surface area contributed by atoms with Crippen molar-refractivity contribution in [2.24, 2.45) is 5.41 Å². The van der Waals surface area contributed by atoms with Crippen LogP contribution < -0.4 is 5.32 Å². The lowest BCUT2D eigenvalue weighted by Crippen LogP contribution is -2.47. The van der Waals surface area contributed by atoms with E-state index in [1.165, 1.54) is 10.9 Å². The minimum absolute atomic E-state index is 0.0129. The Balaban J connectivity index is 2.52. The number of halogens is 4. The molecular weight excluding hydrogens is 339 g/mol. The summed E-state index contributed by atoms with van der Waals surface area (Å²) in [6, 6.07) is -0.195. The van der Waals surface area contributed by atoms with E-state index in [2.05, 4.69) is 26.3 Å². The second-order valence-corrected chi connectivity index (χ2v) is 6.07. The Morgan fingerprint density at radius 3 is 2.65 bits per heavy atom. The molecule has 8 heteroatoms. The van der Waals surface area contributed by atoms with Gasteiger partial charge in [0.1, 0.15) is 11.1 Å². The van der Waals surface area contributed by atoms with Gasteiger partial charge in [0.25, 0.3) is 0 Å². The predicted molar refractivity (Wildman–Crippen MR) is 70.6 cm³/mol. The molecule has 1 aromatic heterocycles. The van der Waals surface area contributed by atoms with Crippen molar-refractivity contribution in [2.75, 3.05) is 13.1 Å². The highest BCUT2D eigenvalue weighted by Crippen LogP contribution is 2.46. The standard InChI is InChI=1S/C12H15BrF3N3O/c1-7(2)19-9(8(13)5-18-19)10(20)11(12(14,15)16)3-4-17-6-11/h5,7,17H,3-4,6H2,1-2H3. The SMILES string of the molecule is CC(C)n1ncc(Br)c1C(=O)C1(C(F)(F)F)CCNC1. The molecule has 0 amide bonds. The Kier molecular flexibility index (Phi) is 3.98. The molecule has 1 fully saturated rings. The van der Waals surface area contributed by atoms with E-state index in [9.17, 15) is 18.0 Å². The van der Waals surface area contributed by atoms with Gasteiger partial charge in [-0.2, -0.15) is 18.3 Å². The molecule has 0 aliphatic carbocycles. The number of carbonyl (C=O) groups excluding carboxylic acids is 1. The third kappa shape index (κ3) is 2.28. The summed E-state index contributed by atoms with van der Waals surface area (Å²) in [5.74, 6) is -0.923. The first kappa shape index (κ1) is 15.5. The molecule has 1 aliphatic rings. The topological polar surface area (TPSA) is 46.9 Å². The molecule has 1 aromatic rings. The van der Waals surface area contributed by atoms with E-state index >= 15 is 0 Å². The van der Waals surface area contributed by atoms with E-state index in [0.29, 0.717) is 4.47 Å². The fourth-order valence-electron chi connectivity index (χ4n) is 2.43. The van der Waals surface area contributed by atoms with Gasteiger partial charge in [0, 0.05) is 12.6 Å². The zero-order valence-electron chi connectivity index (χ0n) is 11.1. The summed E-state index contributed by atoms with van der Waals surface area (Å²) in [6.07, 6.45) is -3.47. The number of hydrogen-bond donors (Lipinski definition) is 1. The molecule has 2 rings (SSSR count). The van der Waals surface area contributed by atoms with Crippen molar-refractivity contribution in [1.82, 2.24) is 15.1 Å². The van der Waals surface area contributed by atoms with E-state index in [0.717, 1.165) is 0 Å². The first-order valence-corrected chi connectivity index (χ1v) is 7.05. The zero-order valence-corrected chi connectivity index (χ0v) is 12.7. The van der Waals surface area contributed by atoms with Gasteiger partial charge < -0.3 is 5.32 Å². The van der Waals surface area contributed by atoms with Crippen molar-refractivity contribution in [2.45, 2.75) is 32.5 Å². The summed E-state index contributed by atoms with van der Waals surface area (Å²) >= 11 is 3.13. The van der Waals surface area contributed by atoms with Crippen LogP contribution in [-0.4, -0.2) is 34.8 Å². The van der Waals surface area contributed by atoms with Crippen molar-refractivity contribution in [3.8, 4) is 0 Å². The number of hydrogen-bond acceptors (Lipinski definition) is 3. The highest BCUT2D eigenvalue weighted by Gasteiger charge is 2.62. The van der Waals surface area contributed by atoms with Gasteiger partial charge in [-0.25, -0.2) is 0 Å². The van der Waals surface area contributed by atoms with Crippen LogP contribution in [0.4, 0.5) is 13.2 Å². The quantitative estimate of drug-likeness (QED) is 0.849. The number of Topliss-reactive ketones (excluding diaryl/α,β-unsaturated/α-hetero) is 1. The Bertz CT molecular complexity index is 519. The summed E-state index contributed by atoms with van der Waals surface area (Å²) in [4.78, 5) is 12.6. The van der Waals surface area contributed by atoms with Gasteiger partial charge >= 0.3 is 6.18 Å². The van der Waals surface area contributed by atoms with Gasteiger partial charge in [0.05, 0.1) is 10.7 Å². The summed E-state index contributed by atoms with van der Waals surface area (Å²) in [5, 5.41) is 6.63. The average Bonchev–Trinajstić information content (AvgIpc) is 2.93. The maximum absolute atomic E-state index is 13.4. The molecule has 0 spiro atoms. The number of rotatable bonds is 3. The summed E-state index contributed by atoms with van der Waals surface area (Å²) in [6.45, 7) is 3.33. The minimum atomic E-state index is -4.58. The third-order valence-electron chi connectivity index (χ3n) is 3.59. The number of ketones is 1.